The molecule has 21 heavy (non-hydrogen) atoms. The summed E-state index contributed by atoms with van der Waals surface area (Å²) in [6.45, 7) is 1.45. The summed E-state index contributed by atoms with van der Waals surface area (Å²) >= 11 is 0. The fourth-order valence-electron chi connectivity index (χ4n) is 2.42. The van der Waals surface area contributed by atoms with Crippen molar-refractivity contribution in [3.8, 4) is 11.8 Å². The third kappa shape index (κ3) is 4.07. The van der Waals surface area contributed by atoms with Crippen molar-refractivity contribution in [1.29, 1.82) is 0 Å². The summed E-state index contributed by atoms with van der Waals surface area (Å²) in [7, 11) is 1.84. The Morgan fingerprint density at radius 1 is 1.38 bits per heavy atom. The summed E-state index contributed by atoms with van der Waals surface area (Å²) < 4.78 is 5.34. The Morgan fingerprint density at radius 2 is 2.10 bits per heavy atom. The fraction of sp³-hybridized carbons (Fsp3) is 0.471. The Kier molecular flexibility index (Phi) is 5.79. The largest absolute Gasteiger partial charge is 0.395 e. The molecule has 1 aliphatic heterocycles. The highest BCUT2D eigenvalue weighted by molar-refractivity contribution is 5.96. The van der Waals surface area contributed by atoms with Gasteiger partial charge in [0.25, 0.3) is 5.91 Å². The van der Waals surface area contributed by atoms with Gasteiger partial charge in [-0.25, -0.2) is 0 Å². The van der Waals surface area contributed by atoms with Gasteiger partial charge in [-0.3, -0.25) is 4.79 Å². The van der Waals surface area contributed by atoms with Gasteiger partial charge in [0, 0.05) is 38.3 Å². The molecular formula is C17H21NO3. The van der Waals surface area contributed by atoms with E-state index in [1.54, 1.807) is 11.0 Å². The minimum absolute atomic E-state index is 0.00389. The molecule has 0 saturated carbocycles. The summed E-state index contributed by atoms with van der Waals surface area (Å²) in [5, 5.41) is 8.79. The van der Waals surface area contributed by atoms with Crippen molar-refractivity contribution in [1.82, 2.24) is 4.90 Å². The molecular weight excluding hydrogens is 266 g/mol. The molecule has 0 unspecified atom stereocenters. The normalized spacial score (nSPS) is 15.1. The molecule has 4 nitrogen and oxygen atoms in total. The minimum Gasteiger partial charge on any atom is -0.395 e. The van der Waals surface area contributed by atoms with Crippen LogP contribution in [0.15, 0.2) is 24.3 Å². The monoisotopic (exact) mass is 287 g/mol. The molecule has 0 aliphatic carbocycles. The lowest BCUT2D eigenvalue weighted by Gasteiger charge is -2.31. The lowest BCUT2D eigenvalue weighted by Crippen LogP contribution is -2.40. The Labute approximate surface area is 125 Å². The van der Waals surface area contributed by atoms with E-state index in [1.807, 2.05) is 25.2 Å². The number of hydrogen-bond donors (Lipinski definition) is 1. The Morgan fingerprint density at radius 3 is 2.81 bits per heavy atom. The second-order valence-corrected chi connectivity index (χ2v) is 5.08. The van der Waals surface area contributed by atoms with E-state index < -0.39 is 0 Å². The molecule has 4 heteroatoms. The fourth-order valence-corrected chi connectivity index (χ4v) is 2.42. The number of amides is 1. The first-order valence-corrected chi connectivity index (χ1v) is 7.27. The highest BCUT2D eigenvalue weighted by atomic mass is 16.5. The summed E-state index contributed by atoms with van der Waals surface area (Å²) in [6.07, 6.45) is 2.17. The maximum Gasteiger partial charge on any atom is 0.255 e. The molecule has 0 bridgehead atoms. The summed E-state index contributed by atoms with van der Waals surface area (Å²) in [6, 6.07) is 7.59. The number of rotatable bonds is 3. The van der Waals surface area contributed by atoms with E-state index in [0.717, 1.165) is 18.4 Å². The van der Waals surface area contributed by atoms with E-state index in [1.165, 1.54) is 0 Å². The quantitative estimate of drug-likeness (QED) is 0.860. The number of aliphatic hydroxyl groups is 1. The van der Waals surface area contributed by atoms with Gasteiger partial charge in [-0.05, 0) is 25.0 Å². The highest BCUT2D eigenvalue weighted by Gasteiger charge is 2.24. The highest BCUT2D eigenvalue weighted by Crippen LogP contribution is 2.17. The molecule has 0 aromatic heterocycles. The predicted molar refractivity (Wildman–Crippen MR) is 81.0 cm³/mol. The number of aliphatic hydroxyl groups excluding tert-OH is 1. The Bertz CT molecular complexity index is 538. The Hall–Kier alpha value is -1.83. The zero-order valence-electron chi connectivity index (χ0n) is 12.3. The molecule has 1 aliphatic rings. The van der Waals surface area contributed by atoms with Crippen molar-refractivity contribution in [2.75, 3.05) is 26.9 Å². The van der Waals surface area contributed by atoms with Crippen LogP contribution in [0.5, 0.6) is 0 Å². The van der Waals surface area contributed by atoms with Crippen LogP contribution in [0.1, 0.15) is 35.2 Å². The standard InChI is InChI=1S/C17H21NO3/c1-18(15-9-12-21-13-10-15)17(20)16-8-3-2-6-14(16)7-4-5-11-19/h2-3,6,8,15,19H,5,9-13H2,1H3. The molecule has 1 N–H and O–H groups in total. The molecule has 0 atom stereocenters. The van der Waals surface area contributed by atoms with E-state index >= 15 is 0 Å². The van der Waals surface area contributed by atoms with Crippen molar-refractivity contribution in [2.24, 2.45) is 0 Å². The van der Waals surface area contributed by atoms with Crippen LogP contribution < -0.4 is 0 Å². The molecule has 1 fully saturated rings. The summed E-state index contributed by atoms with van der Waals surface area (Å²) in [5.41, 5.74) is 1.34. The van der Waals surface area contributed by atoms with Gasteiger partial charge in [0.1, 0.15) is 0 Å². The molecule has 1 saturated heterocycles. The summed E-state index contributed by atoms with van der Waals surface area (Å²) in [4.78, 5) is 14.5. The maximum atomic E-state index is 12.7. The summed E-state index contributed by atoms with van der Waals surface area (Å²) in [5.74, 6) is 5.84. The minimum atomic E-state index is -0.00389. The van der Waals surface area contributed by atoms with Crippen molar-refractivity contribution >= 4 is 5.91 Å². The number of carbonyl (C=O) groups is 1. The smallest absolute Gasteiger partial charge is 0.255 e. The van der Waals surface area contributed by atoms with Gasteiger partial charge in [0.15, 0.2) is 0 Å². The number of benzene rings is 1. The zero-order valence-corrected chi connectivity index (χ0v) is 12.3. The van der Waals surface area contributed by atoms with Crippen LogP contribution >= 0.6 is 0 Å². The lowest BCUT2D eigenvalue weighted by molar-refractivity contribution is 0.0362. The second-order valence-electron chi connectivity index (χ2n) is 5.08. The van der Waals surface area contributed by atoms with E-state index in [9.17, 15) is 4.79 Å². The molecule has 1 aromatic rings. The molecule has 0 radical (unpaired) electrons. The lowest BCUT2D eigenvalue weighted by atomic mass is 10.0. The third-order valence-corrected chi connectivity index (χ3v) is 3.68. The van der Waals surface area contributed by atoms with Gasteiger partial charge in [-0.1, -0.05) is 24.0 Å². The average molecular weight is 287 g/mol. The predicted octanol–water partition coefficient (Wildman–Crippen LogP) is 1.67. The van der Waals surface area contributed by atoms with Crippen molar-refractivity contribution in [3.63, 3.8) is 0 Å². The van der Waals surface area contributed by atoms with Crippen LogP contribution in [0.4, 0.5) is 0 Å². The van der Waals surface area contributed by atoms with Gasteiger partial charge < -0.3 is 14.7 Å². The van der Waals surface area contributed by atoms with Crippen LogP contribution in [0.2, 0.25) is 0 Å². The van der Waals surface area contributed by atoms with Crippen LogP contribution in [-0.4, -0.2) is 48.8 Å². The van der Waals surface area contributed by atoms with E-state index in [0.29, 0.717) is 25.2 Å². The van der Waals surface area contributed by atoms with E-state index in [4.69, 9.17) is 9.84 Å². The Balaban J connectivity index is 2.16. The van der Waals surface area contributed by atoms with E-state index in [-0.39, 0.29) is 18.6 Å². The van der Waals surface area contributed by atoms with Crippen molar-refractivity contribution in [3.05, 3.63) is 35.4 Å². The van der Waals surface area contributed by atoms with Crippen LogP contribution in [0, 0.1) is 11.8 Å². The number of hydrogen-bond acceptors (Lipinski definition) is 3. The first-order valence-electron chi connectivity index (χ1n) is 7.27. The first kappa shape index (κ1) is 15.6. The van der Waals surface area contributed by atoms with Crippen LogP contribution in [0.3, 0.4) is 0 Å². The molecule has 2 rings (SSSR count). The van der Waals surface area contributed by atoms with Gasteiger partial charge in [0.2, 0.25) is 0 Å². The maximum absolute atomic E-state index is 12.7. The van der Waals surface area contributed by atoms with Gasteiger partial charge in [-0.2, -0.15) is 0 Å². The molecule has 1 amide bonds. The third-order valence-electron chi connectivity index (χ3n) is 3.68. The van der Waals surface area contributed by atoms with Crippen LogP contribution in [0.25, 0.3) is 0 Å². The number of carbonyl (C=O) groups excluding carboxylic acids is 1. The van der Waals surface area contributed by atoms with Crippen LogP contribution in [-0.2, 0) is 4.74 Å². The number of nitrogens with zero attached hydrogens (tertiary/aromatic N) is 1. The number of ether oxygens (including phenoxy) is 1. The van der Waals surface area contributed by atoms with Gasteiger partial charge >= 0.3 is 0 Å². The van der Waals surface area contributed by atoms with Gasteiger partial charge in [0.05, 0.1) is 12.2 Å². The van der Waals surface area contributed by atoms with Gasteiger partial charge in [-0.15, -0.1) is 0 Å². The second kappa shape index (κ2) is 7.82. The van der Waals surface area contributed by atoms with Crippen molar-refractivity contribution in [2.45, 2.75) is 25.3 Å². The first-order chi connectivity index (χ1) is 10.2. The topological polar surface area (TPSA) is 49.8 Å². The zero-order chi connectivity index (χ0) is 15.1. The van der Waals surface area contributed by atoms with Crippen molar-refractivity contribution < 1.29 is 14.6 Å². The van der Waals surface area contributed by atoms with E-state index in [2.05, 4.69) is 11.8 Å². The SMILES string of the molecule is CN(C(=O)c1ccccc1C#CCCO)C1CCOCC1. The molecule has 1 aromatic carbocycles. The average Bonchev–Trinajstić information content (AvgIpc) is 2.55. The molecule has 0 spiro atoms. The molecule has 112 valence electrons. The molecule has 1 heterocycles.